The summed E-state index contributed by atoms with van der Waals surface area (Å²) >= 11 is 5.82. The molecular weight excluding hydrogens is 392 g/mol. The highest BCUT2D eigenvalue weighted by Crippen LogP contribution is 2.31. The van der Waals surface area contributed by atoms with Crippen molar-refractivity contribution in [3.8, 4) is 5.75 Å². The van der Waals surface area contributed by atoms with E-state index in [2.05, 4.69) is 0 Å². The van der Waals surface area contributed by atoms with E-state index in [1.807, 2.05) is 60.7 Å². The fraction of sp³-hybridized carbons (Fsp3) is 0.136. The van der Waals surface area contributed by atoms with E-state index in [-0.39, 0.29) is 35.0 Å². The van der Waals surface area contributed by atoms with Crippen molar-refractivity contribution in [1.29, 1.82) is 0 Å². The summed E-state index contributed by atoms with van der Waals surface area (Å²) in [4.78, 5) is 25.0. The monoisotopic (exact) mass is 410 g/mol. The van der Waals surface area contributed by atoms with Gasteiger partial charge < -0.3 is 9.64 Å². The highest BCUT2D eigenvalue weighted by molar-refractivity contribution is 6.30. The summed E-state index contributed by atoms with van der Waals surface area (Å²) in [5, 5.41) is 11.4. The maximum absolute atomic E-state index is 12.9. The molecule has 0 saturated carbocycles. The molecule has 0 aliphatic carbocycles. The Kier molecular flexibility index (Phi) is 6.46. The third-order valence-corrected chi connectivity index (χ3v) is 4.72. The zero-order valence-electron chi connectivity index (χ0n) is 15.7. The first kappa shape index (κ1) is 20.4. The number of nitro groups is 1. The largest absolute Gasteiger partial charge is 0.477 e. The van der Waals surface area contributed by atoms with E-state index in [1.54, 1.807) is 11.9 Å². The third kappa shape index (κ3) is 4.92. The fourth-order valence-corrected chi connectivity index (χ4v) is 3.22. The molecule has 6 nitrogen and oxygen atoms in total. The van der Waals surface area contributed by atoms with Crippen LogP contribution < -0.4 is 4.74 Å². The smallest absolute Gasteiger partial charge is 0.312 e. The van der Waals surface area contributed by atoms with Crippen LogP contribution in [0.1, 0.15) is 17.2 Å². The minimum Gasteiger partial charge on any atom is -0.477 e. The minimum atomic E-state index is -0.591. The molecule has 0 aromatic heterocycles. The SMILES string of the molecule is CN(C(=O)COc1ccc(Cl)cc1[N+](=O)[O-])C(c1ccccc1)c1ccccc1. The van der Waals surface area contributed by atoms with Gasteiger partial charge in [-0.15, -0.1) is 0 Å². The van der Waals surface area contributed by atoms with Crippen LogP contribution in [0, 0.1) is 10.1 Å². The first-order valence-corrected chi connectivity index (χ1v) is 9.27. The van der Waals surface area contributed by atoms with Gasteiger partial charge >= 0.3 is 5.69 Å². The molecule has 3 aromatic rings. The van der Waals surface area contributed by atoms with Crippen molar-refractivity contribution in [2.24, 2.45) is 0 Å². The molecule has 3 aromatic carbocycles. The Morgan fingerprint density at radius 1 is 1.03 bits per heavy atom. The Balaban J connectivity index is 1.81. The quantitative estimate of drug-likeness (QED) is 0.411. The molecule has 148 valence electrons. The molecule has 0 fully saturated rings. The van der Waals surface area contributed by atoms with E-state index in [4.69, 9.17) is 16.3 Å². The van der Waals surface area contributed by atoms with Crippen molar-refractivity contribution in [3.05, 3.63) is 105 Å². The van der Waals surface area contributed by atoms with Gasteiger partial charge in [0.25, 0.3) is 5.91 Å². The van der Waals surface area contributed by atoms with E-state index in [9.17, 15) is 14.9 Å². The summed E-state index contributed by atoms with van der Waals surface area (Å²) in [6.45, 7) is -0.338. The highest BCUT2D eigenvalue weighted by atomic mass is 35.5. The fourth-order valence-electron chi connectivity index (χ4n) is 3.05. The number of amides is 1. The minimum absolute atomic E-state index is 0.00266. The second-order valence-electron chi connectivity index (χ2n) is 6.39. The number of likely N-dealkylation sites (N-methyl/N-ethyl adjacent to an activating group) is 1. The van der Waals surface area contributed by atoms with Gasteiger partial charge in [-0.1, -0.05) is 72.3 Å². The van der Waals surface area contributed by atoms with E-state index in [1.165, 1.54) is 18.2 Å². The molecule has 7 heteroatoms. The maximum Gasteiger partial charge on any atom is 0.312 e. The molecule has 0 heterocycles. The van der Waals surface area contributed by atoms with Gasteiger partial charge in [0.15, 0.2) is 12.4 Å². The van der Waals surface area contributed by atoms with Gasteiger partial charge in [-0.2, -0.15) is 0 Å². The first-order valence-electron chi connectivity index (χ1n) is 8.89. The van der Waals surface area contributed by atoms with Crippen LogP contribution in [0.5, 0.6) is 5.75 Å². The summed E-state index contributed by atoms with van der Waals surface area (Å²) in [6, 6.07) is 23.0. The van der Waals surface area contributed by atoms with Crippen LogP contribution in [-0.2, 0) is 4.79 Å². The van der Waals surface area contributed by atoms with E-state index >= 15 is 0 Å². The van der Waals surface area contributed by atoms with Crippen LogP contribution in [0.3, 0.4) is 0 Å². The summed E-state index contributed by atoms with van der Waals surface area (Å²) in [6.07, 6.45) is 0. The molecule has 0 aliphatic heterocycles. The number of benzene rings is 3. The van der Waals surface area contributed by atoms with Crippen molar-refractivity contribution >= 4 is 23.2 Å². The Hall–Kier alpha value is -3.38. The van der Waals surface area contributed by atoms with Gasteiger partial charge in [-0.25, -0.2) is 0 Å². The third-order valence-electron chi connectivity index (χ3n) is 4.48. The summed E-state index contributed by atoms with van der Waals surface area (Å²) in [5.41, 5.74) is 1.62. The predicted molar refractivity (Wildman–Crippen MR) is 111 cm³/mol. The second-order valence-corrected chi connectivity index (χ2v) is 6.82. The standard InChI is InChI=1S/C22H19ClN2O4/c1-24(21(26)15-29-20-13-12-18(23)14-19(20)25(27)28)22(16-8-4-2-5-9-16)17-10-6-3-7-11-17/h2-14,22H,15H2,1H3. The van der Waals surface area contributed by atoms with Crippen LogP contribution in [-0.4, -0.2) is 29.4 Å². The van der Waals surface area contributed by atoms with Crippen molar-refractivity contribution in [3.63, 3.8) is 0 Å². The topological polar surface area (TPSA) is 72.7 Å². The molecule has 0 radical (unpaired) electrons. The number of rotatable bonds is 7. The van der Waals surface area contributed by atoms with E-state index < -0.39 is 4.92 Å². The average Bonchev–Trinajstić information content (AvgIpc) is 2.74. The summed E-state index contributed by atoms with van der Waals surface area (Å²) in [7, 11) is 1.69. The Bertz CT molecular complexity index is 957. The molecule has 1 amide bonds. The number of nitrogens with zero attached hydrogens (tertiary/aromatic N) is 2. The Morgan fingerprint density at radius 3 is 2.10 bits per heavy atom. The lowest BCUT2D eigenvalue weighted by molar-refractivity contribution is -0.385. The molecule has 3 rings (SSSR count). The van der Waals surface area contributed by atoms with Crippen molar-refractivity contribution in [1.82, 2.24) is 4.90 Å². The Labute approximate surface area is 173 Å². The van der Waals surface area contributed by atoms with Gasteiger partial charge in [0.05, 0.1) is 11.0 Å². The molecule has 0 aliphatic rings. The molecule has 0 atom stereocenters. The number of ether oxygens (including phenoxy) is 1. The van der Waals surface area contributed by atoms with E-state index in [0.717, 1.165) is 11.1 Å². The number of carbonyl (C=O) groups excluding carboxylic acids is 1. The zero-order valence-corrected chi connectivity index (χ0v) is 16.5. The van der Waals surface area contributed by atoms with Crippen molar-refractivity contribution in [2.75, 3.05) is 13.7 Å². The maximum atomic E-state index is 12.9. The number of hydrogen-bond acceptors (Lipinski definition) is 4. The second kappa shape index (κ2) is 9.21. The molecule has 0 bridgehead atoms. The van der Waals surface area contributed by atoms with Crippen molar-refractivity contribution < 1.29 is 14.5 Å². The summed E-state index contributed by atoms with van der Waals surface area (Å²) in [5.74, 6) is -0.316. The molecule has 0 spiro atoms. The summed E-state index contributed by atoms with van der Waals surface area (Å²) < 4.78 is 5.47. The first-order chi connectivity index (χ1) is 14.0. The van der Waals surface area contributed by atoms with Gasteiger partial charge in [0.2, 0.25) is 0 Å². The lowest BCUT2D eigenvalue weighted by atomic mass is 9.97. The Morgan fingerprint density at radius 2 is 1.59 bits per heavy atom. The average molecular weight is 411 g/mol. The lowest BCUT2D eigenvalue weighted by Gasteiger charge is -2.29. The van der Waals surface area contributed by atoms with Gasteiger partial charge in [0.1, 0.15) is 0 Å². The van der Waals surface area contributed by atoms with Crippen LogP contribution in [0.15, 0.2) is 78.9 Å². The zero-order chi connectivity index (χ0) is 20.8. The predicted octanol–water partition coefficient (Wildman–Crippen LogP) is 4.88. The van der Waals surface area contributed by atoms with Crippen LogP contribution in [0.25, 0.3) is 0 Å². The number of carbonyl (C=O) groups is 1. The number of hydrogen-bond donors (Lipinski definition) is 0. The lowest BCUT2D eigenvalue weighted by Crippen LogP contribution is -2.35. The van der Waals surface area contributed by atoms with Crippen LogP contribution in [0.4, 0.5) is 5.69 Å². The van der Waals surface area contributed by atoms with Gasteiger partial charge in [-0.05, 0) is 23.3 Å². The molecule has 0 saturated heterocycles. The molecule has 29 heavy (non-hydrogen) atoms. The van der Waals surface area contributed by atoms with Crippen LogP contribution in [0.2, 0.25) is 5.02 Å². The molecule has 0 unspecified atom stereocenters. The molecular formula is C22H19ClN2O4. The van der Waals surface area contributed by atoms with Crippen molar-refractivity contribution in [2.45, 2.75) is 6.04 Å². The number of halogens is 1. The van der Waals surface area contributed by atoms with Crippen LogP contribution >= 0.6 is 11.6 Å². The normalized spacial score (nSPS) is 10.6. The van der Waals surface area contributed by atoms with Gasteiger partial charge in [0, 0.05) is 18.1 Å². The van der Waals surface area contributed by atoms with Gasteiger partial charge in [-0.3, -0.25) is 14.9 Å². The number of nitro benzene ring substituents is 1. The molecule has 0 N–H and O–H groups in total. The highest BCUT2D eigenvalue weighted by Gasteiger charge is 2.24. The van der Waals surface area contributed by atoms with E-state index in [0.29, 0.717) is 0 Å².